The molecule has 2 N–H and O–H groups in total. The number of para-hydroxylation sites is 1. The number of hydrogen-bond donors (Lipinski definition) is 2. The van der Waals surface area contributed by atoms with Crippen LogP contribution in [0.2, 0.25) is 0 Å². The van der Waals surface area contributed by atoms with E-state index in [0.717, 1.165) is 0 Å². The highest BCUT2D eigenvalue weighted by atomic mass is 79.9. The van der Waals surface area contributed by atoms with Crippen molar-refractivity contribution in [3.05, 3.63) is 94.0 Å². The Balaban J connectivity index is 1.93. The maximum atomic E-state index is 13.1. The number of phenolic OH excluding ortho intramolecular Hbond substituents is 1. The summed E-state index contributed by atoms with van der Waals surface area (Å²) in [5.74, 6) is -1.20. The van der Waals surface area contributed by atoms with Crippen LogP contribution in [0.5, 0.6) is 11.5 Å². The standard InChI is InChI=1S/C24H18BrNO5/c1-31-19-12-9-15(13-18(19)25)22(28)20-21(14-7-10-17(27)11-8-14)26(24(30)23(20)29)16-5-3-2-4-6-16/h2-13,21,27-28H,1H3/b22-20-. The predicted octanol–water partition coefficient (Wildman–Crippen LogP) is 4.79. The molecule has 1 atom stereocenters. The molecule has 1 heterocycles. The third-order valence-corrected chi connectivity index (χ3v) is 5.73. The third-order valence-electron chi connectivity index (χ3n) is 5.11. The summed E-state index contributed by atoms with van der Waals surface area (Å²) in [6.45, 7) is 0. The molecule has 156 valence electrons. The molecule has 3 aromatic carbocycles. The molecule has 1 amide bonds. The van der Waals surface area contributed by atoms with Crippen molar-refractivity contribution in [2.24, 2.45) is 0 Å². The first kappa shape index (κ1) is 20.7. The number of phenols is 1. The number of halogens is 1. The Morgan fingerprint density at radius 2 is 1.68 bits per heavy atom. The van der Waals surface area contributed by atoms with Gasteiger partial charge in [0.2, 0.25) is 0 Å². The summed E-state index contributed by atoms with van der Waals surface area (Å²) >= 11 is 3.38. The topological polar surface area (TPSA) is 87.1 Å². The SMILES string of the molecule is COc1ccc(/C(O)=C2/C(=O)C(=O)N(c3ccccc3)C2c2ccc(O)cc2)cc1Br. The van der Waals surface area contributed by atoms with Crippen molar-refractivity contribution < 1.29 is 24.5 Å². The van der Waals surface area contributed by atoms with E-state index in [9.17, 15) is 19.8 Å². The van der Waals surface area contributed by atoms with Gasteiger partial charge in [-0.1, -0.05) is 30.3 Å². The number of rotatable bonds is 4. The second kappa shape index (κ2) is 8.28. The second-order valence-corrected chi connectivity index (χ2v) is 7.80. The van der Waals surface area contributed by atoms with Crippen molar-refractivity contribution >= 4 is 39.1 Å². The largest absolute Gasteiger partial charge is 0.508 e. The van der Waals surface area contributed by atoms with Gasteiger partial charge in [-0.25, -0.2) is 0 Å². The molecule has 4 rings (SSSR count). The first-order chi connectivity index (χ1) is 14.9. The number of amides is 1. The molecule has 0 aromatic heterocycles. The number of Topliss-reactive ketones (excluding diaryl/α,β-unsaturated/α-hetero) is 1. The van der Waals surface area contributed by atoms with Gasteiger partial charge in [-0.3, -0.25) is 14.5 Å². The number of carbonyl (C=O) groups excluding carboxylic acids is 2. The number of anilines is 1. The normalized spacial score (nSPS) is 17.7. The first-order valence-electron chi connectivity index (χ1n) is 9.41. The van der Waals surface area contributed by atoms with Crippen molar-refractivity contribution in [2.45, 2.75) is 6.04 Å². The molecule has 1 aliphatic rings. The molecule has 0 radical (unpaired) electrons. The Bertz CT molecular complexity index is 1190. The number of ether oxygens (including phenoxy) is 1. The summed E-state index contributed by atoms with van der Waals surface area (Å²) < 4.78 is 5.82. The zero-order valence-electron chi connectivity index (χ0n) is 16.4. The minimum absolute atomic E-state index is 0.0309. The highest BCUT2D eigenvalue weighted by Crippen LogP contribution is 2.42. The lowest BCUT2D eigenvalue weighted by Crippen LogP contribution is -2.29. The van der Waals surface area contributed by atoms with E-state index < -0.39 is 17.7 Å². The van der Waals surface area contributed by atoms with E-state index in [1.54, 1.807) is 54.6 Å². The molecule has 0 bridgehead atoms. The van der Waals surface area contributed by atoms with Crippen molar-refractivity contribution in [3.63, 3.8) is 0 Å². The van der Waals surface area contributed by atoms with Gasteiger partial charge in [-0.05, 0) is 64.0 Å². The van der Waals surface area contributed by atoms with Gasteiger partial charge in [0, 0.05) is 11.3 Å². The van der Waals surface area contributed by atoms with E-state index >= 15 is 0 Å². The molecule has 0 spiro atoms. The van der Waals surface area contributed by atoms with E-state index in [-0.39, 0.29) is 17.1 Å². The van der Waals surface area contributed by atoms with Crippen LogP contribution in [0.4, 0.5) is 5.69 Å². The molecule has 6 nitrogen and oxygen atoms in total. The number of aliphatic hydroxyl groups excluding tert-OH is 1. The average molecular weight is 480 g/mol. The summed E-state index contributed by atoms with van der Waals surface area (Å²) in [7, 11) is 1.52. The molecular formula is C24H18BrNO5. The van der Waals surface area contributed by atoms with Crippen LogP contribution in [0, 0.1) is 0 Å². The number of ketones is 1. The van der Waals surface area contributed by atoms with Crippen LogP contribution in [0.3, 0.4) is 0 Å². The van der Waals surface area contributed by atoms with Gasteiger partial charge in [-0.2, -0.15) is 0 Å². The lowest BCUT2D eigenvalue weighted by Gasteiger charge is -2.25. The van der Waals surface area contributed by atoms with Crippen LogP contribution < -0.4 is 9.64 Å². The van der Waals surface area contributed by atoms with Gasteiger partial charge in [0.15, 0.2) is 0 Å². The molecule has 0 aliphatic carbocycles. The zero-order valence-corrected chi connectivity index (χ0v) is 18.0. The molecular weight excluding hydrogens is 462 g/mol. The van der Waals surface area contributed by atoms with Gasteiger partial charge < -0.3 is 14.9 Å². The van der Waals surface area contributed by atoms with Gasteiger partial charge in [0.1, 0.15) is 17.3 Å². The summed E-state index contributed by atoms with van der Waals surface area (Å²) in [5.41, 5.74) is 1.44. The predicted molar refractivity (Wildman–Crippen MR) is 120 cm³/mol. The molecule has 1 unspecified atom stereocenters. The number of aromatic hydroxyl groups is 1. The van der Waals surface area contributed by atoms with Crippen LogP contribution in [0.25, 0.3) is 5.76 Å². The summed E-state index contributed by atoms with van der Waals surface area (Å²) in [5, 5.41) is 20.8. The van der Waals surface area contributed by atoms with Crippen molar-refractivity contribution in [1.29, 1.82) is 0 Å². The molecule has 0 saturated carbocycles. The van der Waals surface area contributed by atoms with Crippen LogP contribution in [0.1, 0.15) is 17.2 Å². The number of nitrogens with zero attached hydrogens (tertiary/aromatic N) is 1. The van der Waals surface area contributed by atoms with E-state index in [4.69, 9.17) is 4.74 Å². The molecule has 1 fully saturated rings. The average Bonchev–Trinajstić information content (AvgIpc) is 3.05. The Labute approximate surface area is 187 Å². The lowest BCUT2D eigenvalue weighted by atomic mass is 9.95. The Morgan fingerprint density at radius 1 is 1.00 bits per heavy atom. The molecule has 3 aromatic rings. The van der Waals surface area contributed by atoms with E-state index in [1.807, 2.05) is 6.07 Å². The zero-order chi connectivity index (χ0) is 22.1. The molecule has 1 aliphatic heterocycles. The summed E-state index contributed by atoms with van der Waals surface area (Å²) in [6, 6.07) is 19.0. The second-order valence-electron chi connectivity index (χ2n) is 6.95. The lowest BCUT2D eigenvalue weighted by molar-refractivity contribution is -0.132. The number of carbonyl (C=O) groups is 2. The van der Waals surface area contributed by atoms with Gasteiger partial charge in [0.05, 0.1) is 23.2 Å². The minimum atomic E-state index is -0.858. The maximum Gasteiger partial charge on any atom is 0.300 e. The summed E-state index contributed by atoms with van der Waals surface area (Å²) in [4.78, 5) is 27.5. The monoisotopic (exact) mass is 479 g/mol. The molecule has 31 heavy (non-hydrogen) atoms. The highest BCUT2D eigenvalue weighted by Gasteiger charge is 2.46. The van der Waals surface area contributed by atoms with Gasteiger partial charge in [-0.15, -0.1) is 0 Å². The highest BCUT2D eigenvalue weighted by molar-refractivity contribution is 9.10. The van der Waals surface area contributed by atoms with Gasteiger partial charge >= 0.3 is 0 Å². The fourth-order valence-electron chi connectivity index (χ4n) is 3.63. The van der Waals surface area contributed by atoms with E-state index in [2.05, 4.69) is 15.9 Å². The Morgan fingerprint density at radius 3 is 2.29 bits per heavy atom. The third kappa shape index (κ3) is 3.68. The van der Waals surface area contributed by atoms with Crippen molar-refractivity contribution in [1.82, 2.24) is 0 Å². The van der Waals surface area contributed by atoms with Crippen LogP contribution >= 0.6 is 15.9 Å². The Kier molecular flexibility index (Phi) is 5.52. The summed E-state index contributed by atoms with van der Waals surface area (Å²) in [6.07, 6.45) is 0. The van der Waals surface area contributed by atoms with Crippen LogP contribution in [-0.2, 0) is 9.59 Å². The first-order valence-corrected chi connectivity index (χ1v) is 10.2. The fraction of sp³-hybridized carbons (Fsp3) is 0.0833. The fourth-order valence-corrected chi connectivity index (χ4v) is 4.17. The van der Waals surface area contributed by atoms with E-state index in [0.29, 0.717) is 27.0 Å². The minimum Gasteiger partial charge on any atom is -0.508 e. The molecule has 7 heteroatoms. The van der Waals surface area contributed by atoms with Crippen molar-refractivity contribution in [2.75, 3.05) is 12.0 Å². The smallest absolute Gasteiger partial charge is 0.300 e. The quantitative estimate of drug-likeness (QED) is 0.319. The van der Waals surface area contributed by atoms with Crippen molar-refractivity contribution in [3.8, 4) is 11.5 Å². The van der Waals surface area contributed by atoms with Crippen LogP contribution in [0.15, 0.2) is 82.8 Å². The number of aliphatic hydroxyl groups is 1. The number of hydrogen-bond acceptors (Lipinski definition) is 5. The number of benzene rings is 3. The number of methoxy groups -OCH3 is 1. The maximum absolute atomic E-state index is 13.1. The van der Waals surface area contributed by atoms with Gasteiger partial charge in [0.25, 0.3) is 11.7 Å². The van der Waals surface area contributed by atoms with Crippen LogP contribution in [-0.4, -0.2) is 29.0 Å². The Hall–Kier alpha value is -3.58. The van der Waals surface area contributed by atoms with E-state index in [1.165, 1.54) is 24.1 Å². The molecule has 1 saturated heterocycles.